The van der Waals surface area contributed by atoms with Crippen molar-refractivity contribution in [1.29, 1.82) is 0 Å². The molecule has 1 atom stereocenters. The number of phenols is 1. The molecule has 174 valence electrons. The number of phenolic OH excluding ortho intramolecular Hbond substituents is 1. The Hall–Kier alpha value is -3.93. The Kier molecular flexibility index (Phi) is 6.00. The lowest BCUT2D eigenvalue weighted by molar-refractivity contribution is -0.140. The van der Waals surface area contributed by atoms with Gasteiger partial charge in [0.05, 0.1) is 11.6 Å². The summed E-state index contributed by atoms with van der Waals surface area (Å²) in [5.41, 5.74) is 3.43. The maximum absolute atomic E-state index is 13.3. The highest BCUT2D eigenvalue weighted by Crippen LogP contribution is 2.41. The SMILES string of the molecule is Cc1ccc(C(C)(C)C)cc1/C(O)=C1\C(=O)C(=O)N(Cc2cccnc2)C1c1cccc(O)c1. The van der Waals surface area contributed by atoms with Crippen LogP contribution < -0.4 is 0 Å². The Bertz CT molecular complexity index is 1290. The first-order chi connectivity index (χ1) is 16.1. The molecule has 2 heterocycles. The van der Waals surface area contributed by atoms with Gasteiger partial charge in [0.15, 0.2) is 0 Å². The van der Waals surface area contributed by atoms with Crippen LogP contribution in [0.15, 0.2) is 72.6 Å². The summed E-state index contributed by atoms with van der Waals surface area (Å²) in [5, 5.41) is 21.6. The van der Waals surface area contributed by atoms with Crippen molar-refractivity contribution < 1.29 is 19.8 Å². The Labute approximate surface area is 199 Å². The predicted molar refractivity (Wildman–Crippen MR) is 130 cm³/mol. The number of hydrogen-bond acceptors (Lipinski definition) is 5. The third kappa shape index (κ3) is 4.31. The number of carbonyl (C=O) groups excluding carboxylic acids is 2. The van der Waals surface area contributed by atoms with Gasteiger partial charge in [0.1, 0.15) is 11.5 Å². The quantitative estimate of drug-likeness (QED) is 0.327. The first-order valence-corrected chi connectivity index (χ1v) is 11.2. The van der Waals surface area contributed by atoms with Gasteiger partial charge in [0.2, 0.25) is 0 Å². The van der Waals surface area contributed by atoms with Crippen LogP contribution in [0.4, 0.5) is 0 Å². The van der Waals surface area contributed by atoms with Gasteiger partial charge in [0.25, 0.3) is 11.7 Å². The third-order valence-electron chi connectivity index (χ3n) is 6.16. The van der Waals surface area contributed by atoms with E-state index < -0.39 is 17.7 Å². The molecule has 0 radical (unpaired) electrons. The van der Waals surface area contributed by atoms with Crippen LogP contribution in [0, 0.1) is 6.92 Å². The van der Waals surface area contributed by atoms with Crippen LogP contribution in [0.3, 0.4) is 0 Å². The average Bonchev–Trinajstić information content (AvgIpc) is 3.04. The summed E-state index contributed by atoms with van der Waals surface area (Å²) in [7, 11) is 0. The highest BCUT2D eigenvalue weighted by atomic mass is 16.3. The zero-order chi connectivity index (χ0) is 24.6. The molecule has 1 saturated heterocycles. The number of amides is 1. The van der Waals surface area contributed by atoms with E-state index in [0.717, 1.165) is 16.7 Å². The van der Waals surface area contributed by atoms with Crippen LogP contribution in [0.5, 0.6) is 5.75 Å². The van der Waals surface area contributed by atoms with Crippen LogP contribution in [-0.2, 0) is 21.5 Å². The van der Waals surface area contributed by atoms with Crippen LogP contribution >= 0.6 is 0 Å². The van der Waals surface area contributed by atoms with Crippen molar-refractivity contribution in [3.63, 3.8) is 0 Å². The largest absolute Gasteiger partial charge is 0.508 e. The van der Waals surface area contributed by atoms with E-state index in [0.29, 0.717) is 11.1 Å². The second kappa shape index (κ2) is 8.78. The van der Waals surface area contributed by atoms with Gasteiger partial charge < -0.3 is 15.1 Å². The van der Waals surface area contributed by atoms with Crippen LogP contribution in [0.1, 0.15) is 54.6 Å². The van der Waals surface area contributed by atoms with Crippen LogP contribution in [-0.4, -0.2) is 31.8 Å². The van der Waals surface area contributed by atoms with Gasteiger partial charge in [-0.15, -0.1) is 0 Å². The molecule has 0 aliphatic carbocycles. The molecule has 1 aliphatic heterocycles. The molecule has 0 saturated carbocycles. The number of Topliss-reactive ketones (excluding diaryl/α,β-unsaturated/α-hetero) is 1. The summed E-state index contributed by atoms with van der Waals surface area (Å²) in [5.74, 6) is -1.67. The predicted octanol–water partition coefficient (Wildman–Crippen LogP) is 5.02. The highest BCUT2D eigenvalue weighted by Gasteiger charge is 2.46. The fourth-order valence-electron chi connectivity index (χ4n) is 4.26. The molecule has 0 bridgehead atoms. The number of aromatic hydroxyl groups is 1. The zero-order valence-electron chi connectivity index (χ0n) is 19.7. The molecular weight excluding hydrogens is 428 g/mol. The number of rotatable bonds is 4. The number of ketones is 1. The number of hydrogen-bond donors (Lipinski definition) is 2. The van der Waals surface area contributed by atoms with Crippen molar-refractivity contribution in [2.24, 2.45) is 0 Å². The fraction of sp³-hybridized carbons (Fsp3) is 0.250. The van der Waals surface area contributed by atoms with Crippen molar-refractivity contribution in [3.8, 4) is 5.75 Å². The lowest BCUT2D eigenvalue weighted by Crippen LogP contribution is -2.29. The Balaban J connectivity index is 1.92. The topological polar surface area (TPSA) is 90.7 Å². The molecule has 2 N–H and O–H groups in total. The number of aromatic nitrogens is 1. The van der Waals surface area contributed by atoms with Gasteiger partial charge in [0, 0.05) is 24.5 Å². The highest BCUT2D eigenvalue weighted by molar-refractivity contribution is 6.46. The molecule has 6 heteroatoms. The maximum atomic E-state index is 13.3. The van der Waals surface area contributed by atoms with Gasteiger partial charge in [-0.1, -0.05) is 51.1 Å². The number of aliphatic hydroxyl groups is 1. The second-order valence-corrected chi connectivity index (χ2v) is 9.66. The van der Waals surface area contributed by atoms with E-state index in [2.05, 4.69) is 25.8 Å². The number of nitrogens with zero attached hydrogens (tertiary/aromatic N) is 2. The van der Waals surface area contributed by atoms with Crippen molar-refractivity contribution in [3.05, 3.63) is 100 Å². The average molecular weight is 457 g/mol. The first kappa shape index (κ1) is 23.2. The summed E-state index contributed by atoms with van der Waals surface area (Å²) in [6, 6.07) is 14.9. The summed E-state index contributed by atoms with van der Waals surface area (Å²) in [6.45, 7) is 8.20. The number of benzene rings is 2. The van der Waals surface area contributed by atoms with E-state index in [4.69, 9.17) is 0 Å². The molecule has 4 rings (SSSR count). The van der Waals surface area contributed by atoms with Crippen molar-refractivity contribution in [1.82, 2.24) is 9.88 Å². The molecule has 6 nitrogen and oxygen atoms in total. The van der Waals surface area contributed by atoms with E-state index in [-0.39, 0.29) is 29.0 Å². The summed E-state index contributed by atoms with van der Waals surface area (Å²) in [4.78, 5) is 32.0. The smallest absolute Gasteiger partial charge is 0.295 e. The Morgan fingerprint density at radius 2 is 1.82 bits per heavy atom. The number of likely N-dealkylation sites (tertiary alicyclic amines) is 1. The normalized spacial score (nSPS) is 17.9. The molecular formula is C28H28N2O4. The van der Waals surface area contributed by atoms with Gasteiger partial charge in [-0.25, -0.2) is 0 Å². The summed E-state index contributed by atoms with van der Waals surface area (Å²) >= 11 is 0. The first-order valence-electron chi connectivity index (χ1n) is 11.2. The fourth-order valence-corrected chi connectivity index (χ4v) is 4.26. The molecule has 1 aromatic heterocycles. The minimum atomic E-state index is -0.856. The minimum Gasteiger partial charge on any atom is -0.508 e. The van der Waals surface area contributed by atoms with Crippen molar-refractivity contribution in [2.75, 3.05) is 0 Å². The van der Waals surface area contributed by atoms with E-state index >= 15 is 0 Å². The van der Waals surface area contributed by atoms with Gasteiger partial charge >= 0.3 is 0 Å². The van der Waals surface area contributed by atoms with Crippen molar-refractivity contribution >= 4 is 17.4 Å². The Morgan fingerprint density at radius 1 is 1.06 bits per heavy atom. The van der Waals surface area contributed by atoms with E-state index in [1.807, 2.05) is 31.2 Å². The van der Waals surface area contributed by atoms with Crippen molar-refractivity contribution in [2.45, 2.75) is 45.7 Å². The number of pyridine rings is 1. The number of carbonyl (C=O) groups is 2. The molecule has 1 unspecified atom stereocenters. The van der Waals surface area contributed by atoms with Gasteiger partial charge in [-0.3, -0.25) is 14.6 Å². The molecule has 3 aromatic rings. The lowest BCUT2D eigenvalue weighted by Gasteiger charge is -2.26. The van der Waals surface area contributed by atoms with E-state index in [1.165, 1.54) is 17.0 Å². The molecule has 0 spiro atoms. The molecule has 1 aliphatic rings. The Morgan fingerprint density at radius 3 is 2.47 bits per heavy atom. The zero-order valence-corrected chi connectivity index (χ0v) is 19.7. The number of aryl methyl sites for hydroxylation is 1. The van der Waals surface area contributed by atoms with Gasteiger partial charge in [-0.2, -0.15) is 0 Å². The lowest BCUT2D eigenvalue weighted by atomic mass is 9.84. The molecule has 1 amide bonds. The molecule has 1 fully saturated rings. The van der Waals surface area contributed by atoms with Crippen LogP contribution in [0.25, 0.3) is 5.76 Å². The standard InChI is InChI=1S/C28H28N2O4/c1-17-10-11-20(28(2,3)4)14-22(17)25(32)23-24(19-8-5-9-21(31)13-19)30(27(34)26(23)33)16-18-7-6-12-29-15-18/h5-15,24,31-32H,16H2,1-4H3/b25-23+. The van der Waals surface area contributed by atoms with E-state index in [9.17, 15) is 19.8 Å². The third-order valence-corrected chi connectivity index (χ3v) is 6.16. The molecule has 34 heavy (non-hydrogen) atoms. The monoisotopic (exact) mass is 456 g/mol. The van der Waals surface area contributed by atoms with Gasteiger partial charge in [-0.05, 0) is 58.9 Å². The van der Waals surface area contributed by atoms with Crippen LogP contribution in [0.2, 0.25) is 0 Å². The second-order valence-electron chi connectivity index (χ2n) is 9.66. The van der Waals surface area contributed by atoms with E-state index in [1.54, 1.807) is 30.6 Å². The molecule has 2 aromatic carbocycles. The summed E-state index contributed by atoms with van der Waals surface area (Å²) < 4.78 is 0. The maximum Gasteiger partial charge on any atom is 0.295 e. The summed E-state index contributed by atoms with van der Waals surface area (Å²) in [6.07, 6.45) is 3.27. The minimum absolute atomic E-state index is 0.00801. The number of aliphatic hydroxyl groups excluding tert-OH is 1.